The van der Waals surface area contributed by atoms with Gasteiger partial charge in [-0.3, -0.25) is 24.1 Å². The van der Waals surface area contributed by atoms with Crippen LogP contribution in [-0.4, -0.2) is 46.8 Å². The van der Waals surface area contributed by atoms with E-state index in [1.165, 1.54) is 0 Å². The Hall–Kier alpha value is -3.39. The van der Waals surface area contributed by atoms with Gasteiger partial charge in [-0.1, -0.05) is 23.7 Å². The third kappa shape index (κ3) is 4.75. The van der Waals surface area contributed by atoms with Crippen LogP contribution in [0.4, 0.5) is 11.4 Å². The van der Waals surface area contributed by atoms with E-state index in [4.69, 9.17) is 11.6 Å². The van der Waals surface area contributed by atoms with E-state index in [0.29, 0.717) is 53.3 Å². The topological polar surface area (TPSA) is 98.8 Å². The van der Waals surface area contributed by atoms with E-state index in [1.807, 2.05) is 26.8 Å². The molecule has 0 saturated carbocycles. The fourth-order valence-corrected chi connectivity index (χ4v) is 4.92. The van der Waals surface area contributed by atoms with Crippen molar-refractivity contribution in [1.82, 2.24) is 10.2 Å². The molecule has 4 rings (SSSR count). The van der Waals surface area contributed by atoms with Crippen LogP contribution in [0.1, 0.15) is 67.2 Å². The Bertz CT molecular complexity index is 1200. The number of para-hydroxylation sites is 1. The van der Waals surface area contributed by atoms with Crippen molar-refractivity contribution >= 4 is 46.6 Å². The quantitative estimate of drug-likeness (QED) is 0.600. The summed E-state index contributed by atoms with van der Waals surface area (Å²) in [5.41, 5.74) is 1.14. The van der Waals surface area contributed by atoms with Gasteiger partial charge in [0.1, 0.15) is 5.66 Å². The third-order valence-electron chi connectivity index (χ3n) is 6.45. The van der Waals surface area contributed by atoms with E-state index in [9.17, 15) is 19.2 Å². The molecule has 9 heteroatoms. The lowest BCUT2D eigenvalue weighted by atomic mass is 9.98. The predicted octanol–water partition coefficient (Wildman–Crippen LogP) is 4.20. The molecule has 2 N–H and O–H groups in total. The highest BCUT2D eigenvalue weighted by atomic mass is 35.5. The standard InChI is InChI=1S/C26H29ClN4O4/c1-16(2)28-24(34)17-10-11-19(27)20(15-17)29-22(32)9-6-14-30-25(35)18-7-4-5-8-21(18)31-23(33)12-13-26(30,31)3/h4-5,7-8,10-11,15-16H,6,9,12-14H2,1-3H3,(H,28,34)(H,29,32). The van der Waals surface area contributed by atoms with Gasteiger partial charge in [0, 0.05) is 31.0 Å². The molecule has 1 atom stereocenters. The maximum atomic E-state index is 13.3. The van der Waals surface area contributed by atoms with Crippen molar-refractivity contribution in [3.8, 4) is 0 Å². The summed E-state index contributed by atoms with van der Waals surface area (Å²) in [4.78, 5) is 54.3. The Kier molecular flexibility index (Phi) is 6.85. The first-order valence-electron chi connectivity index (χ1n) is 11.8. The third-order valence-corrected chi connectivity index (χ3v) is 6.78. The minimum absolute atomic E-state index is 0.00813. The number of hydrogen-bond acceptors (Lipinski definition) is 4. The van der Waals surface area contributed by atoms with Crippen molar-refractivity contribution in [2.45, 2.75) is 58.2 Å². The van der Waals surface area contributed by atoms with Crippen LogP contribution in [0.3, 0.4) is 0 Å². The molecule has 8 nitrogen and oxygen atoms in total. The lowest BCUT2D eigenvalue weighted by Crippen LogP contribution is -2.62. The molecule has 2 aromatic rings. The van der Waals surface area contributed by atoms with Crippen LogP contribution in [-0.2, 0) is 9.59 Å². The number of nitrogens with zero attached hydrogens (tertiary/aromatic N) is 2. The first-order valence-corrected chi connectivity index (χ1v) is 12.1. The Balaban J connectivity index is 1.42. The molecule has 0 radical (unpaired) electrons. The number of benzene rings is 2. The monoisotopic (exact) mass is 496 g/mol. The van der Waals surface area contributed by atoms with E-state index in [1.54, 1.807) is 46.2 Å². The molecule has 1 saturated heterocycles. The Morgan fingerprint density at radius 3 is 2.63 bits per heavy atom. The summed E-state index contributed by atoms with van der Waals surface area (Å²) in [6.45, 7) is 5.96. The SMILES string of the molecule is CC(C)NC(=O)c1ccc(Cl)c(NC(=O)CCCN2C(=O)c3ccccc3N3C(=O)CCC23C)c1. The van der Waals surface area contributed by atoms with Crippen LogP contribution >= 0.6 is 11.6 Å². The molecule has 184 valence electrons. The summed E-state index contributed by atoms with van der Waals surface area (Å²) >= 11 is 6.23. The highest BCUT2D eigenvalue weighted by Gasteiger charge is 2.52. The zero-order valence-electron chi connectivity index (χ0n) is 20.1. The molecular weight excluding hydrogens is 468 g/mol. The molecule has 0 spiro atoms. The summed E-state index contributed by atoms with van der Waals surface area (Å²) in [7, 11) is 0. The van der Waals surface area contributed by atoms with Gasteiger partial charge in [-0.05, 0) is 63.9 Å². The fraction of sp³-hybridized carbons (Fsp3) is 0.385. The number of anilines is 2. The first kappa shape index (κ1) is 24.7. The molecule has 0 bridgehead atoms. The minimum atomic E-state index is -0.750. The lowest BCUT2D eigenvalue weighted by Gasteiger charge is -2.48. The summed E-state index contributed by atoms with van der Waals surface area (Å²) in [6.07, 6.45) is 1.46. The summed E-state index contributed by atoms with van der Waals surface area (Å²) in [5, 5.41) is 5.90. The van der Waals surface area contributed by atoms with Gasteiger partial charge in [0.2, 0.25) is 11.8 Å². The number of hydrogen-bond donors (Lipinski definition) is 2. The summed E-state index contributed by atoms with van der Waals surface area (Å²) in [6, 6.07) is 11.8. The van der Waals surface area contributed by atoms with Crippen molar-refractivity contribution in [3.05, 3.63) is 58.6 Å². The molecule has 2 aromatic carbocycles. The average molecular weight is 497 g/mol. The molecule has 0 aromatic heterocycles. The molecule has 0 aliphatic carbocycles. The van der Waals surface area contributed by atoms with Crippen LogP contribution < -0.4 is 15.5 Å². The van der Waals surface area contributed by atoms with Gasteiger partial charge in [-0.15, -0.1) is 0 Å². The minimum Gasteiger partial charge on any atom is -0.350 e. The van der Waals surface area contributed by atoms with Crippen LogP contribution in [0.25, 0.3) is 0 Å². The number of halogens is 1. The molecule has 1 unspecified atom stereocenters. The Morgan fingerprint density at radius 1 is 1.14 bits per heavy atom. The van der Waals surface area contributed by atoms with Crippen molar-refractivity contribution < 1.29 is 19.2 Å². The van der Waals surface area contributed by atoms with Gasteiger partial charge in [0.15, 0.2) is 0 Å². The number of fused-ring (bicyclic) bond motifs is 3. The second-order valence-corrected chi connectivity index (χ2v) is 9.80. The van der Waals surface area contributed by atoms with E-state index < -0.39 is 5.66 Å². The van der Waals surface area contributed by atoms with Crippen molar-refractivity contribution in [2.75, 3.05) is 16.8 Å². The number of carbonyl (C=O) groups is 4. The van der Waals surface area contributed by atoms with Crippen molar-refractivity contribution in [1.29, 1.82) is 0 Å². The largest absolute Gasteiger partial charge is 0.350 e. The van der Waals surface area contributed by atoms with Gasteiger partial charge in [-0.25, -0.2) is 0 Å². The summed E-state index contributed by atoms with van der Waals surface area (Å²) < 4.78 is 0. The van der Waals surface area contributed by atoms with Crippen LogP contribution in [0.2, 0.25) is 5.02 Å². The van der Waals surface area contributed by atoms with E-state index >= 15 is 0 Å². The lowest BCUT2D eigenvalue weighted by molar-refractivity contribution is -0.118. The molecule has 1 fully saturated rings. The Labute approximate surface area is 209 Å². The second kappa shape index (κ2) is 9.70. The van der Waals surface area contributed by atoms with Gasteiger partial charge >= 0.3 is 0 Å². The zero-order chi connectivity index (χ0) is 25.3. The van der Waals surface area contributed by atoms with E-state index in [-0.39, 0.29) is 36.1 Å². The van der Waals surface area contributed by atoms with Crippen LogP contribution in [0.5, 0.6) is 0 Å². The number of nitrogens with one attached hydrogen (secondary N) is 2. The van der Waals surface area contributed by atoms with Gasteiger partial charge < -0.3 is 15.5 Å². The maximum absolute atomic E-state index is 13.3. The van der Waals surface area contributed by atoms with Gasteiger partial charge in [0.05, 0.1) is 22.0 Å². The highest BCUT2D eigenvalue weighted by molar-refractivity contribution is 6.33. The number of amides is 4. The van der Waals surface area contributed by atoms with Crippen LogP contribution in [0.15, 0.2) is 42.5 Å². The van der Waals surface area contributed by atoms with Gasteiger partial charge in [-0.2, -0.15) is 0 Å². The second-order valence-electron chi connectivity index (χ2n) is 9.39. The number of rotatable bonds is 7. The molecule has 35 heavy (non-hydrogen) atoms. The molecule has 4 amide bonds. The van der Waals surface area contributed by atoms with E-state index in [0.717, 1.165) is 0 Å². The molecule has 2 aliphatic rings. The van der Waals surface area contributed by atoms with Crippen molar-refractivity contribution in [3.63, 3.8) is 0 Å². The average Bonchev–Trinajstić information content (AvgIpc) is 3.12. The Morgan fingerprint density at radius 2 is 1.89 bits per heavy atom. The zero-order valence-corrected chi connectivity index (χ0v) is 20.8. The predicted molar refractivity (Wildman–Crippen MR) is 135 cm³/mol. The molecular formula is C26H29ClN4O4. The molecule has 2 heterocycles. The van der Waals surface area contributed by atoms with Crippen LogP contribution in [0, 0.1) is 0 Å². The van der Waals surface area contributed by atoms with Crippen molar-refractivity contribution in [2.24, 2.45) is 0 Å². The smallest absolute Gasteiger partial charge is 0.257 e. The summed E-state index contributed by atoms with van der Waals surface area (Å²) in [5.74, 6) is -0.671. The fourth-order valence-electron chi connectivity index (χ4n) is 4.76. The normalized spacial score (nSPS) is 19.0. The van der Waals surface area contributed by atoms with E-state index in [2.05, 4.69) is 10.6 Å². The maximum Gasteiger partial charge on any atom is 0.257 e. The van der Waals surface area contributed by atoms with Gasteiger partial charge in [0.25, 0.3) is 11.8 Å². The molecule has 2 aliphatic heterocycles. The highest BCUT2D eigenvalue weighted by Crippen LogP contribution is 2.44. The number of carbonyl (C=O) groups excluding carboxylic acids is 4. The first-order chi connectivity index (χ1) is 16.6.